The molecule has 0 fully saturated rings. The topological polar surface area (TPSA) is 0 Å². The summed E-state index contributed by atoms with van der Waals surface area (Å²) in [6.45, 7) is 14.2. The van der Waals surface area contributed by atoms with E-state index in [-0.39, 0.29) is 0 Å². The maximum absolute atomic E-state index is 2.43. The molecular weight excluding hydrogens is 192 g/mol. The van der Waals surface area contributed by atoms with Crippen LogP contribution >= 0.6 is 0 Å². The first-order valence-corrected chi connectivity index (χ1v) is 7.56. The Morgan fingerprint density at radius 3 is 1.69 bits per heavy atom. The van der Waals surface area contributed by atoms with Crippen LogP contribution in [0.15, 0.2) is 0 Å². The highest BCUT2D eigenvalue weighted by Gasteiger charge is 2.19. The fraction of sp³-hybridized carbons (Fsp3) is 1.00. The van der Waals surface area contributed by atoms with Crippen molar-refractivity contribution in [1.29, 1.82) is 0 Å². The van der Waals surface area contributed by atoms with E-state index >= 15 is 0 Å². The second-order valence-corrected chi connectivity index (χ2v) is 5.91. The number of hydrogen-bond acceptors (Lipinski definition) is 0. The monoisotopic (exact) mass is 226 g/mol. The minimum Gasteiger partial charge on any atom is -0.0651 e. The molecule has 0 heterocycles. The van der Waals surface area contributed by atoms with Gasteiger partial charge in [0.1, 0.15) is 0 Å². The van der Waals surface area contributed by atoms with Gasteiger partial charge in [0.25, 0.3) is 0 Å². The van der Waals surface area contributed by atoms with Gasteiger partial charge in [0, 0.05) is 0 Å². The molecule has 0 amide bonds. The van der Waals surface area contributed by atoms with Crippen molar-refractivity contribution < 1.29 is 0 Å². The Morgan fingerprint density at radius 1 is 0.750 bits per heavy atom. The molecule has 0 N–H and O–H groups in total. The maximum Gasteiger partial charge on any atom is -0.0365 e. The molecule has 98 valence electrons. The molecule has 0 aromatic heterocycles. The van der Waals surface area contributed by atoms with Crippen LogP contribution in [0, 0.1) is 23.7 Å². The minimum absolute atomic E-state index is 0.858. The minimum atomic E-state index is 0.858. The van der Waals surface area contributed by atoms with Crippen LogP contribution in [0.3, 0.4) is 0 Å². The molecule has 0 spiro atoms. The molecule has 0 aliphatic rings. The largest absolute Gasteiger partial charge is 0.0651 e. The highest BCUT2D eigenvalue weighted by Crippen LogP contribution is 2.29. The van der Waals surface area contributed by atoms with Crippen LogP contribution in [0.25, 0.3) is 0 Å². The third kappa shape index (κ3) is 5.92. The van der Waals surface area contributed by atoms with E-state index in [4.69, 9.17) is 0 Å². The molecule has 2 atom stereocenters. The van der Waals surface area contributed by atoms with Gasteiger partial charge in [-0.15, -0.1) is 0 Å². The molecule has 0 bridgehead atoms. The maximum atomic E-state index is 2.43. The van der Waals surface area contributed by atoms with Crippen molar-refractivity contribution in [1.82, 2.24) is 0 Å². The van der Waals surface area contributed by atoms with Gasteiger partial charge in [0.15, 0.2) is 0 Å². The third-order valence-electron chi connectivity index (χ3n) is 4.54. The Labute approximate surface area is 104 Å². The first-order chi connectivity index (χ1) is 7.56. The lowest BCUT2D eigenvalue weighted by Gasteiger charge is -2.27. The third-order valence-corrected chi connectivity index (χ3v) is 4.54. The molecule has 0 nitrogen and oxygen atoms in total. The Bertz CT molecular complexity index is 144. The molecule has 16 heavy (non-hydrogen) atoms. The second-order valence-electron chi connectivity index (χ2n) is 5.91. The summed E-state index contributed by atoms with van der Waals surface area (Å²) >= 11 is 0. The standard InChI is InChI=1S/C16H34/c1-7-14(6)16(13(4)5)12-10-11-15(8-2)9-3/h13-16H,7-12H2,1-6H3. The fourth-order valence-corrected chi connectivity index (χ4v) is 2.92. The van der Waals surface area contributed by atoms with Crippen LogP contribution in [0.5, 0.6) is 0 Å². The van der Waals surface area contributed by atoms with Gasteiger partial charge in [-0.2, -0.15) is 0 Å². The lowest BCUT2D eigenvalue weighted by atomic mass is 9.79. The van der Waals surface area contributed by atoms with Crippen LogP contribution in [-0.2, 0) is 0 Å². The quantitative estimate of drug-likeness (QED) is 0.458. The lowest BCUT2D eigenvalue weighted by molar-refractivity contribution is 0.234. The van der Waals surface area contributed by atoms with Crippen molar-refractivity contribution in [3.8, 4) is 0 Å². The van der Waals surface area contributed by atoms with Gasteiger partial charge in [0.05, 0.1) is 0 Å². The molecule has 0 aliphatic carbocycles. The molecular formula is C16H34. The first-order valence-electron chi connectivity index (χ1n) is 7.56. The van der Waals surface area contributed by atoms with Crippen molar-refractivity contribution in [2.45, 2.75) is 80.1 Å². The Hall–Kier alpha value is 0. The Balaban J connectivity index is 3.93. The van der Waals surface area contributed by atoms with Crippen LogP contribution in [0.1, 0.15) is 80.1 Å². The Kier molecular flexibility index (Phi) is 9.07. The van der Waals surface area contributed by atoms with Crippen LogP contribution in [0.4, 0.5) is 0 Å². The summed E-state index contributed by atoms with van der Waals surface area (Å²) in [5.74, 6) is 3.68. The zero-order valence-corrected chi connectivity index (χ0v) is 12.6. The molecule has 2 unspecified atom stereocenters. The van der Waals surface area contributed by atoms with Crippen molar-refractivity contribution in [3.63, 3.8) is 0 Å². The normalized spacial score (nSPS) is 15.8. The summed E-state index contributed by atoms with van der Waals surface area (Å²) in [5, 5.41) is 0. The summed E-state index contributed by atoms with van der Waals surface area (Å²) in [6.07, 6.45) is 8.42. The van der Waals surface area contributed by atoms with Gasteiger partial charge in [-0.3, -0.25) is 0 Å². The summed E-state index contributed by atoms with van der Waals surface area (Å²) < 4.78 is 0. The summed E-state index contributed by atoms with van der Waals surface area (Å²) in [7, 11) is 0. The van der Waals surface area contributed by atoms with E-state index < -0.39 is 0 Å². The molecule has 0 heteroatoms. The SMILES string of the molecule is CCC(CC)CCCC(C(C)C)C(C)CC. The predicted octanol–water partition coefficient (Wildman–Crippen LogP) is 5.91. The van der Waals surface area contributed by atoms with E-state index in [1.807, 2.05) is 0 Å². The van der Waals surface area contributed by atoms with Crippen LogP contribution < -0.4 is 0 Å². The van der Waals surface area contributed by atoms with Crippen LogP contribution in [-0.4, -0.2) is 0 Å². The molecule has 0 saturated carbocycles. The predicted molar refractivity (Wildman–Crippen MR) is 75.7 cm³/mol. The summed E-state index contributed by atoms with van der Waals surface area (Å²) in [4.78, 5) is 0. The van der Waals surface area contributed by atoms with Crippen molar-refractivity contribution >= 4 is 0 Å². The van der Waals surface area contributed by atoms with Gasteiger partial charge in [0.2, 0.25) is 0 Å². The van der Waals surface area contributed by atoms with Crippen LogP contribution in [0.2, 0.25) is 0 Å². The van der Waals surface area contributed by atoms with Crippen molar-refractivity contribution in [3.05, 3.63) is 0 Å². The van der Waals surface area contributed by atoms with Gasteiger partial charge < -0.3 is 0 Å². The molecule has 0 aliphatic heterocycles. The molecule has 0 saturated heterocycles. The number of hydrogen-bond donors (Lipinski definition) is 0. The average molecular weight is 226 g/mol. The molecule has 0 aromatic carbocycles. The van der Waals surface area contributed by atoms with E-state index in [0.717, 1.165) is 23.7 Å². The van der Waals surface area contributed by atoms with Gasteiger partial charge >= 0.3 is 0 Å². The van der Waals surface area contributed by atoms with E-state index in [0.29, 0.717) is 0 Å². The van der Waals surface area contributed by atoms with Gasteiger partial charge in [-0.1, -0.05) is 73.6 Å². The number of rotatable bonds is 9. The van der Waals surface area contributed by atoms with Gasteiger partial charge in [-0.05, 0) is 30.1 Å². The highest BCUT2D eigenvalue weighted by atomic mass is 14.2. The fourth-order valence-electron chi connectivity index (χ4n) is 2.92. The summed E-state index contributed by atoms with van der Waals surface area (Å²) in [6, 6.07) is 0. The molecule has 0 rings (SSSR count). The summed E-state index contributed by atoms with van der Waals surface area (Å²) in [5.41, 5.74) is 0. The smallest absolute Gasteiger partial charge is 0.0365 e. The zero-order valence-electron chi connectivity index (χ0n) is 12.6. The van der Waals surface area contributed by atoms with E-state index in [1.165, 1.54) is 38.5 Å². The molecule has 0 radical (unpaired) electrons. The molecule has 0 aromatic rings. The zero-order chi connectivity index (χ0) is 12.6. The second kappa shape index (κ2) is 9.07. The first kappa shape index (κ1) is 16.0. The van der Waals surface area contributed by atoms with E-state index in [1.54, 1.807) is 0 Å². The average Bonchev–Trinajstić information content (AvgIpc) is 2.28. The van der Waals surface area contributed by atoms with Gasteiger partial charge in [-0.25, -0.2) is 0 Å². The highest BCUT2D eigenvalue weighted by molar-refractivity contribution is 4.69. The van der Waals surface area contributed by atoms with E-state index in [9.17, 15) is 0 Å². The van der Waals surface area contributed by atoms with Crippen molar-refractivity contribution in [2.75, 3.05) is 0 Å². The Morgan fingerprint density at radius 2 is 1.31 bits per heavy atom. The van der Waals surface area contributed by atoms with Crippen molar-refractivity contribution in [2.24, 2.45) is 23.7 Å². The van der Waals surface area contributed by atoms with E-state index in [2.05, 4.69) is 41.5 Å². The lowest BCUT2D eigenvalue weighted by Crippen LogP contribution is -2.17.